The Morgan fingerprint density at radius 1 is 1.28 bits per heavy atom. The predicted molar refractivity (Wildman–Crippen MR) is 117 cm³/mol. The molecule has 0 aliphatic carbocycles. The Morgan fingerprint density at radius 3 is 2.52 bits per heavy atom. The Hall–Kier alpha value is -1.13. The second-order valence-corrected chi connectivity index (χ2v) is 10.9. The molecule has 0 aromatic carbocycles. The van der Waals surface area contributed by atoms with Gasteiger partial charge in [-0.05, 0) is 40.3 Å². The molecule has 166 valence electrons. The summed E-state index contributed by atoms with van der Waals surface area (Å²) in [4.78, 5) is 16.7. The molecule has 2 heterocycles. The van der Waals surface area contributed by atoms with E-state index >= 15 is 0 Å². The number of thioether (sulfide) groups is 1. The zero-order valence-corrected chi connectivity index (χ0v) is 19.9. The van der Waals surface area contributed by atoms with E-state index in [-0.39, 0.29) is 35.2 Å². The summed E-state index contributed by atoms with van der Waals surface area (Å²) in [6, 6.07) is -0.0231. The summed E-state index contributed by atoms with van der Waals surface area (Å²) in [6.45, 7) is 7.54. The molecule has 2 rings (SSSR count). The average Bonchev–Trinajstić information content (AvgIpc) is 3.22. The van der Waals surface area contributed by atoms with Crippen molar-refractivity contribution in [2.24, 2.45) is 0 Å². The molecular weight excluding hydrogens is 410 g/mol. The molecule has 29 heavy (non-hydrogen) atoms. The summed E-state index contributed by atoms with van der Waals surface area (Å²) >= 11 is 1.40. The molecule has 0 spiro atoms. The van der Waals surface area contributed by atoms with Gasteiger partial charge >= 0.3 is 0 Å². The maximum absolute atomic E-state index is 12.8. The monoisotopic (exact) mass is 445 g/mol. The van der Waals surface area contributed by atoms with Crippen molar-refractivity contribution in [1.29, 1.82) is 0 Å². The van der Waals surface area contributed by atoms with Crippen molar-refractivity contribution in [3.8, 4) is 0 Å². The van der Waals surface area contributed by atoms with E-state index in [0.29, 0.717) is 13.0 Å². The van der Waals surface area contributed by atoms with E-state index in [1.54, 1.807) is 4.90 Å². The fourth-order valence-corrected chi connectivity index (χ4v) is 6.42. The Balaban J connectivity index is 2.12. The third kappa shape index (κ3) is 6.18. The van der Waals surface area contributed by atoms with Gasteiger partial charge < -0.3 is 9.47 Å². The quantitative estimate of drug-likeness (QED) is 0.483. The topological polar surface area (TPSA) is 88.4 Å². The van der Waals surface area contributed by atoms with Gasteiger partial charge in [-0.3, -0.25) is 9.69 Å². The van der Waals surface area contributed by atoms with Crippen LogP contribution in [0.5, 0.6) is 0 Å². The van der Waals surface area contributed by atoms with Crippen LogP contribution < -0.4 is 0 Å². The molecule has 1 fully saturated rings. The molecule has 1 aromatic rings. The Morgan fingerprint density at radius 2 is 2.00 bits per heavy atom. The number of nitrogens with zero attached hydrogens (tertiary/aromatic N) is 5. The normalized spacial score (nSPS) is 19.6. The molecule has 2 atom stereocenters. The van der Waals surface area contributed by atoms with Gasteiger partial charge in [-0.2, -0.15) is 0 Å². The van der Waals surface area contributed by atoms with Crippen molar-refractivity contribution in [2.75, 3.05) is 37.9 Å². The molecule has 1 aromatic heterocycles. The highest BCUT2D eigenvalue weighted by atomic mass is 32.2. The molecule has 0 N–H and O–H groups in total. The minimum atomic E-state index is -3.02. The lowest BCUT2D eigenvalue weighted by Crippen LogP contribution is -2.42. The van der Waals surface area contributed by atoms with Gasteiger partial charge in [-0.1, -0.05) is 32.0 Å². The first-order valence-electron chi connectivity index (χ1n) is 10.5. The van der Waals surface area contributed by atoms with Gasteiger partial charge in [-0.15, -0.1) is 10.2 Å². The number of sulfone groups is 1. The summed E-state index contributed by atoms with van der Waals surface area (Å²) < 4.78 is 25.7. The van der Waals surface area contributed by atoms with E-state index in [0.717, 1.165) is 36.8 Å². The summed E-state index contributed by atoms with van der Waals surface area (Å²) in [7, 11) is 1.06. The van der Waals surface area contributed by atoms with Crippen LogP contribution in [0.1, 0.15) is 58.3 Å². The number of carbonyl (C=O) groups is 1. The minimum Gasteiger partial charge on any atom is -0.338 e. The number of unbranched alkanes of at least 4 members (excludes halogenated alkanes) is 1. The van der Waals surface area contributed by atoms with Gasteiger partial charge in [0, 0.05) is 19.1 Å². The molecule has 0 saturated carbocycles. The van der Waals surface area contributed by atoms with Crippen LogP contribution in [0.15, 0.2) is 5.16 Å². The van der Waals surface area contributed by atoms with E-state index in [1.165, 1.54) is 11.8 Å². The first-order chi connectivity index (χ1) is 13.7. The van der Waals surface area contributed by atoms with Crippen LogP contribution in [0, 0.1) is 0 Å². The summed E-state index contributed by atoms with van der Waals surface area (Å²) in [5.74, 6) is 1.40. The first kappa shape index (κ1) is 24.1. The molecule has 1 amide bonds. The number of aromatic nitrogens is 3. The Labute approximate surface area is 179 Å². The van der Waals surface area contributed by atoms with Crippen LogP contribution in [0.4, 0.5) is 0 Å². The molecule has 1 aliphatic rings. The summed E-state index contributed by atoms with van der Waals surface area (Å²) in [6.07, 6.45) is 3.56. The van der Waals surface area contributed by atoms with Crippen LogP contribution in [0.25, 0.3) is 0 Å². The van der Waals surface area contributed by atoms with Gasteiger partial charge in [0.05, 0.1) is 23.3 Å². The van der Waals surface area contributed by atoms with Crippen LogP contribution in [-0.2, 0) is 21.2 Å². The number of amides is 1. The molecule has 0 bridgehead atoms. The highest BCUT2D eigenvalue weighted by Crippen LogP contribution is 2.26. The minimum absolute atomic E-state index is 0.0363. The zero-order valence-electron chi connectivity index (χ0n) is 18.3. The van der Waals surface area contributed by atoms with Crippen LogP contribution in [0.3, 0.4) is 0 Å². The molecule has 0 unspecified atom stereocenters. The van der Waals surface area contributed by atoms with Gasteiger partial charge in [0.1, 0.15) is 0 Å². The van der Waals surface area contributed by atoms with Crippen molar-refractivity contribution in [2.45, 2.75) is 70.2 Å². The van der Waals surface area contributed by atoms with E-state index in [1.807, 2.05) is 21.0 Å². The maximum Gasteiger partial charge on any atom is 0.233 e. The second-order valence-electron chi connectivity index (χ2n) is 7.76. The van der Waals surface area contributed by atoms with Crippen molar-refractivity contribution < 1.29 is 13.2 Å². The van der Waals surface area contributed by atoms with E-state index in [4.69, 9.17) is 0 Å². The molecule has 1 saturated heterocycles. The molecule has 0 radical (unpaired) electrons. The molecule has 1 aliphatic heterocycles. The SMILES string of the molecule is CCCCn1c(SCC(=O)N(CC)[C@H]2CCS(=O)(=O)C2)nnc1[C@@H](CC)N(C)C. The lowest BCUT2D eigenvalue weighted by molar-refractivity contribution is -0.129. The largest absolute Gasteiger partial charge is 0.338 e. The Kier molecular flexibility index (Phi) is 8.96. The zero-order chi connectivity index (χ0) is 21.6. The van der Waals surface area contributed by atoms with Crippen molar-refractivity contribution in [3.05, 3.63) is 5.82 Å². The predicted octanol–water partition coefficient (Wildman–Crippen LogP) is 2.22. The number of rotatable bonds is 11. The van der Waals surface area contributed by atoms with Gasteiger partial charge in [-0.25, -0.2) is 8.42 Å². The number of hydrogen-bond donors (Lipinski definition) is 0. The molecule has 8 nitrogen and oxygen atoms in total. The standard InChI is InChI=1S/C19H35N5O3S2/c1-6-9-11-24-18(16(7-2)22(4)5)20-21-19(24)28-13-17(25)23(8-3)15-10-12-29(26,27)14-15/h15-16H,6-14H2,1-5H3/t15-,16+/m0/s1. The smallest absolute Gasteiger partial charge is 0.233 e. The third-order valence-electron chi connectivity index (χ3n) is 5.42. The fourth-order valence-electron chi connectivity index (χ4n) is 3.83. The van der Waals surface area contributed by atoms with Crippen LogP contribution in [0.2, 0.25) is 0 Å². The van der Waals surface area contributed by atoms with Gasteiger partial charge in [0.25, 0.3) is 0 Å². The lowest BCUT2D eigenvalue weighted by Gasteiger charge is -2.26. The van der Waals surface area contributed by atoms with Gasteiger partial charge in [0.2, 0.25) is 5.91 Å². The van der Waals surface area contributed by atoms with Crippen LogP contribution in [-0.4, -0.2) is 82.8 Å². The molecular formula is C19H35N5O3S2. The third-order valence-corrected chi connectivity index (χ3v) is 8.13. The fraction of sp³-hybridized carbons (Fsp3) is 0.842. The lowest BCUT2D eigenvalue weighted by atomic mass is 10.2. The Bertz CT molecular complexity index is 779. The maximum atomic E-state index is 12.8. The van der Waals surface area contributed by atoms with Crippen molar-refractivity contribution in [3.63, 3.8) is 0 Å². The van der Waals surface area contributed by atoms with Gasteiger partial charge in [0.15, 0.2) is 20.8 Å². The second kappa shape index (κ2) is 10.8. The number of hydrogen-bond acceptors (Lipinski definition) is 7. The van der Waals surface area contributed by atoms with E-state index in [2.05, 4.69) is 33.5 Å². The molecule has 10 heteroatoms. The highest BCUT2D eigenvalue weighted by Gasteiger charge is 2.34. The van der Waals surface area contributed by atoms with E-state index < -0.39 is 9.84 Å². The average molecular weight is 446 g/mol. The van der Waals surface area contributed by atoms with E-state index in [9.17, 15) is 13.2 Å². The first-order valence-corrected chi connectivity index (χ1v) is 13.3. The summed E-state index contributed by atoms with van der Waals surface area (Å²) in [5, 5.41) is 9.59. The summed E-state index contributed by atoms with van der Waals surface area (Å²) in [5.41, 5.74) is 0. The van der Waals surface area contributed by atoms with Crippen molar-refractivity contribution in [1.82, 2.24) is 24.6 Å². The van der Waals surface area contributed by atoms with Crippen molar-refractivity contribution >= 4 is 27.5 Å². The highest BCUT2D eigenvalue weighted by molar-refractivity contribution is 7.99. The van der Waals surface area contributed by atoms with Crippen LogP contribution >= 0.6 is 11.8 Å². The number of carbonyl (C=O) groups excluding carboxylic acids is 1.